The molecule has 0 aromatic heterocycles. The largest absolute Gasteiger partial charge is 0.397 e. The summed E-state index contributed by atoms with van der Waals surface area (Å²) in [5.41, 5.74) is 5.75. The molecule has 0 heterocycles. The van der Waals surface area contributed by atoms with Gasteiger partial charge < -0.3 is 9.92 Å². The first-order chi connectivity index (χ1) is 8.49. The van der Waals surface area contributed by atoms with Gasteiger partial charge in [-0.15, -0.1) is 0 Å². The number of benzene rings is 2. The second-order valence-corrected chi connectivity index (χ2v) is 5.49. The first-order valence-corrected chi connectivity index (χ1v) is 6.82. The van der Waals surface area contributed by atoms with E-state index in [0.29, 0.717) is 5.02 Å². The molecule has 0 amide bonds. The quantitative estimate of drug-likeness (QED) is 0.694. The maximum Gasteiger partial charge on any atom is 0.339 e. The zero-order chi connectivity index (χ0) is 13.2. The van der Waals surface area contributed by atoms with Crippen LogP contribution in [-0.2, 0) is 10.1 Å². The fourth-order valence-electron chi connectivity index (χ4n) is 1.33. The number of hydrogen-bond acceptors (Lipinski definition) is 4. The summed E-state index contributed by atoms with van der Waals surface area (Å²) in [7, 11) is -3.89. The van der Waals surface area contributed by atoms with Crippen LogP contribution in [0, 0.1) is 0 Å². The molecular weight excluding hydrogens is 274 g/mol. The van der Waals surface area contributed by atoms with Crippen molar-refractivity contribution in [3.63, 3.8) is 0 Å². The van der Waals surface area contributed by atoms with Gasteiger partial charge in [-0.05, 0) is 30.3 Å². The average molecular weight is 284 g/mol. The van der Waals surface area contributed by atoms with E-state index in [1.165, 1.54) is 18.2 Å². The van der Waals surface area contributed by atoms with Gasteiger partial charge in [0.1, 0.15) is 10.6 Å². The molecule has 0 aliphatic rings. The second-order valence-electron chi connectivity index (χ2n) is 3.53. The smallest absolute Gasteiger partial charge is 0.339 e. The van der Waals surface area contributed by atoms with Crippen molar-refractivity contribution in [3.05, 3.63) is 53.6 Å². The van der Waals surface area contributed by atoms with Gasteiger partial charge in [0.05, 0.1) is 10.7 Å². The lowest BCUT2D eigenvalue weighted by Gasteiger charge is -2.07. The van der Waals surface area contributed by atoms with Crippen LogP contribution in [0.1, 0.15) is 0 Å². The van der Waals surface area contributed by atoms with Crippen LogP contribution in [0.3, 0.4) is 0 Å². The molecule has 0 unspecified atom stereocenters. The van der Waals surface area contributed by atoms with E-state index in [-0.39, 0.29) is 16.3 Å². The highest BCUT2D eigenvalue weighted by Crippen LogP contribution is 2.24. The molecule has 0 bridgehead atoms. The summed E-state index contributed by atoms with van der Waals surface area (Å²) in [5.74, 6) is 0.242. The van der Waals surface area contributed by atoms with E-state index in [9.17, 15) is 8.42 Å². The maximum absolute atomic E-state index is 11.9. The molecule has 0 atom stereocenters. The molecule has 2 rings (SSSR count). The third kappa shape index (κ3) is 2.75. The van der Waals surface area contributed by atoms with Gasteiger partial charge in [0.15, 0.2) is 0 Å². The molecule has 0 aliphatic heterocycles. The van der Waals surface area contributed by atoms with E-state index in [0.717, 1.165) is 0 Å². The van der Waals surface area contributed by atoms with Crippen molar-refractivity contribution in [1.29, 1.82) is 0 Å². The van der Waals surface area contributed by atoms with Gasteiger partial charge in [0.2, 0.25) is 0 Å². The Hall–Kier alpha value is -1.72. The van der Waals surface area contributed by atoms with Crippen molar-refractivity contribution in [3.8, 4) is 5.75 Å². The second kappa shape index (κ2) is 4.88. The Morgan fingerprint density at radius 2 is 1.72 bits per heavy atom. The molecule has 0 saturated carbocycles. The summed E-state index contributed by atoms with van der Waals surface area (Å²) < 4.78 is 28.8. The van der Waals surface area contributed by atoms with Crippen molar-refractivity contribution in [1.82, 2.24) is 0 Å². The first kappa shape index (κ1) is 12.7. The Bertz CT molecular complexity index is 656. The van der Waals surface area contributed by atoms with E-state index < -0.39 is 10.1 Å². The van der Waals surface area contributed by atoms with Gasteiger partial charge in [-0.1, -0.05) is 29.8 Å². The lowest BCUT2D eigenvalue weighted by molar-refractivity contribution is 0.486. The zero-order valence-corrected chi connectivity index (χ0v) is 10.8. The minimum atomic E-state index is -3.89. The summed E-state index contributed by atoms with van der Waals surface area (Å²) in [6, 6.07) is 12.3. The molecule has 0 spiro atoms. The SMILES string of the molecule is Nc1cc(S(=O)(=O)Oc2ccccc2)ccc1Cl. The minimum Gasteiger partial charge on any atom is -0.397 e. The zero-order valence-electron chi connectivity index (χ0n) is 9.21. The van der Waals surface area contributed by atoms with Crippen LogP contribution in [0.5, 0.6) is 5.75 Å². The molecular formula is C12H10ClNO3S. The number of hydrogen-bond donors (Lipinski definition) is 1. The van der Waals surface area contributed by atoms with Crippen molar-refractivity contribution in [2.75, 3.05) is 5.73 Å². The van der Waals surface area contributed by atoms with E-state index in [1.54, 1.807) is 30.3 Å². The van der Waals surface area contributed by atoms with E-state index >= 15 is 0 Å². The van der Waals surface area contributed by atoms with Crippen LogP contribution >= 0.6 is 11.6 Å². The lowest BCUT2D eigenvalue weighted by atomic mass is 10.3. The number of halogens is 1. The predicted molar refractivity (Wildman–Crippen MR) is 70.1 cm³/mol. The number of rotatable bonds is 3. The molecule has 2 aromatic carbocycles. The Labute approximate surface area is 110 Å². The minimum absolute atomic E-state index is 0.0340. The molecule has 0 fully saturated rings. The highest BCUT2D eigenvalue weighted by Gasteiger charge is 2.17. The molecule has 94 valence electrons. The molecule has 2 aromatic rings. The predicted octanol–water partition coefficient (Wildman–Crippen LogP) is 2.69. The van der Waals surface area contributed by atoms with Crippen molar-refractivity contribution >= 4 is 27.4 Å². The van der Waals surface area contributed by atoms with Crippen LogP contribution in [0.25, 0.3) is 0 Å². The van der Waals surface area contributed by atoms with Gasteiger partial charge >= 0.3 is 10.1 Å². The van der Waals surface area contributed by atoms with Gasteiger partial charge in [-0.25, -0.2) is 0 Å². The van der Waals surface area contributed by atoms with Crippen LogP contribution in [0.15, 0.2) is 53.4 Å². The van der Waals surface area contributed by atoms with Gasteiger partial charge in [-0.2, -0.15) is 8.42 Å². The Balaban J connectivity index is 2.34. The monoisotopic (exact) mass is 283 g/mol. The number of anilines is 1. The summed E-state index contributed by atoms with van der Waals surface area (Å²) in [5, 5.41) is 0.300. The topological polar surface area (TPSA) is 69.4 Å². The standard InChI is InChI=1S/C12H10ClNO3S/c13-11-7-6-10(8-12(11)14)18(15,16)17-9-4-2-1-3-5-9/h1-8H,14H2. The molecule has 0 radical (unpaired) electrons. The molecule has 4 nitrogen and oxygen atoms in total. The van der Waals surface area contributed by atoms with Gasteiger partial charge in [0.25, 0.3) is 0 Å². The van der Waals surface area contributed by atoms with Crippen LogP contribution in [-0.4, -0.2) is 8.42 Å². The highest BCUT2D eigenvalue weighted by atomic mass is 35.5. The maximum atomic E-state index is 11.9. The van der Waals surface area contributed by atoms with Crippen molar-refractivity contribution in [2.24, 2.45) is 0 Å². The number of nitrogen functional groups attached to an aromatic ring is 1. The normalized spacial score (nSPS) is 11.2. The third-order valence-corrected chi connectivity index (χ3v) is 3.79. The van der Waals surface area contributed by atoms with E-state index in [2.05, 4.69) is 0 Å². The van der Waals surface area contributed by atoms with Crippen molar-refractivity contribution in [2.45, 2.75) is 4.90 Å². The first-order valence-electron chi connectivity index (χ1n) is 5.03. The summed E-state index contributed by atoms with van der Waals surface area (Å²) in [6.45, 7) is 0. The molecule has 18 heavy (non-hydrogen) atoms. The Kier molecular flexibility index (Phi) is 3.45. The fourth-order valence-corrected chi connectivity index (χ4v) is 2.41. The number of nitrogens with two attached hydrogens (primary N) is 1. The third-order valence-electron chi connectivity index (χ3n) is 2.21. The molecule has 0 aliphatic carbocycles. The summed E-state index contributed by atoms with van der Waals surface area (Å²) in [4.78, 5) is -0.0340. The average Bonchev–Trinajstić information content (AvgIpc) is 2.33. The van der Waals surface area contributed by atoms with Crippen LogP contribution < -0.4 is 9.92 Å². The fraction of sp³-hybridized carbons (Fsp3) is 0. The summed E-state index contributed by atoms with van der Waals surface area (Å²) in [6.07, 6.45) is 0. The summed E-state index contributed by atoms with van der Waals surface area (Å²) >= 11 is 5.73. The highest BCUT2D eigenvalue weighted by molar-refractivity contribution is 7.87. The van der Waals surface area contributed by atoms with Crippen LogP contribution in [0.4, 0.5) is 5.69 Å². The van der Waals surface area contributed by atoms with Crippen molar-refractivity contribution < 1.29 is 12.6 Å². The number of para-hydroxylation sites is 1. The molecule has 6 heteroatoms. The van der Waals surface area contributed by atoms with Gasteiger partial charge in [0, 0.05) is 0 Å². The Morgan fingerprint density at radius 3 is 2.33 bits per heavy atom. The lowest BCUT2D eigenvalue weighted by Crippen LogP contribution is -2.10. The Morgan fingerprint density at radius 1 is 1.06 bits per heavy atom. The van der Waals surface area contributed by atoms with Gasteiger partial charge in [-0.3, -0.25) is 0 Å². The molecule has 0 saturated heterocycles. The van der Waals surface area contributed by atoms with E-state index in [1.807, 2.05) is 0 Å². The van der Waals surface area contributed by atoms with E-state index in [4.69, 9.17) is 21.5 Å². The molecule has 2 N–H and O–H groups in total. The van der Waals surface area contributed by atoms with Crippen LogP contribution in [0.2, 0.25) is 5.02 Å².